The Bertz CT molecular complexity index is 316. The summed E-state index contributed by atoms with van der Waals surface area (Å²) in [4.78, 5) is 24.0. The Kier molecular flexibility index (Phi) is 5.21. The standard InChI is InChI=1S/C8H13N3O4/c1-5(4-12)8(15-6(2)13)7(14)3-10-11-9/h4-5,7-8,14H,3H2,1-2H3/t5-,7+,8-/m0/s1/i4D. The van der Waals surface area contributed by atoms with Crippen molar-refractivity contribution in [3.8, 4) is 0 Å². The van der Waals surface area contributed by atoms with Crippen molar-refractivity contribution in [1.29, 1.82) is 0 Å². The highest BCUT2D eigenvalue weighted by atomic mass is 16.6. The van der Waals surface area contributed by atoms with Crippen molar-refractivity contribution in [2.75, 3.05) is 6.54 Å². The van der Waals surface area contributed by atoms with E-state index in [1.54, 1.807) is 0 Å². The van der Waals surface area contributed by atoms with Crippen LogP contribution in [-0.2, 0) is 14.3 Å². The van der Waals surface area contributed by atoms with Gasteiger partial charge in [-0.1, -0.05) is 12.0 Å². The third kappa shape index (κ3) is 4.99. The van der Waals surface area contributed by atoms with Gasteiger partial charge in [0.2, 0.25) is 0 Å². The highest BCUT2D eigenvalue weighted by Gasteiger charge is 2.27. The predicted molar refractivity (Wildman–Crippen MR) is 50.8 cm³/mol. The van der Waals surface area contributed by atoms with Gasteiger partial charge in [0.15, 0.2) is 0 Å². The maximum atomic E-state index is 10.8. The molecular formula is C8H13N3O4. The topological polar surface area (TPSA) is 112 Å². The number of aliphatic hydroxyl groups excluding tert-OH is 1. The minimum atomic E-state index is -1.30. The van der Waals surface area contributed by atoms with Gasteiger partial charge in [-0.2, -0.15) is 0 Å². The zero-order valence-corrected chi connectivity index (χ0v) is 8.45. The predicted octanol–water partition coefficient (Wildman–Crippen LogP) is 0.424. The van der Waals surface area contributed by atoms with Crippen molar-refractivity contribution in [3.05, 3.63) is 10.4 Å². The molecular weight excluding hydrogens is 202 g/mol. The fourth-order valence-corrected chi connectivity index (χ4v) is 0.997. The molecule has 0 saturated heterocycles. The molecule has 7 nitrogen and oxygen atoms in total. The first-order chi connectivity index (χ1) is 7.40. The average molecular weight is 216 g/mol. The molecule has 0 aromatic heterocycles. The smallest absolute Gasteiger partial charge is 0.303 e. The second kappa shape index (κ2) is 6.80. The molecule has 0 aliphatic heterocycles. The number of aliphatic hydroxyl groups is 1. The van der Waals surface area contributed by atoms with Gasteiger partial charge >= 0.3 is 5.97 Å². The molecule has 0 aromatic carbocycles. The van der Waals surface area contributed by atoms with Crippen molar-refractivity contribution in [2.45, 2.75) is 26.1 Å². The van der Waals surface area contributed by atoms with Crippen molar-refractivity contribution < 1.29 is 20.8 Å². The molecule has 0 unspecified atom stereocenters. The lowest BCUT2D eigenvalue weighted by atomic mass is 10.0. The molecule has 0 bridgehead atoms. The number of hydrogen-bond donors (Lipinski definition) is 1. The molecule has 7 heteroatoms. The van der Waals surface area contributed by atoms with Crippen LogP contribution in [0.3, 0.4) is 0 Å². The van der Waals surface area contributed by atoms with Crippen LogP contribution in [0.15, 0.2) is 5.11 Å². The number of carbonyl (C=O) groups is 2. The second-order valence-corrected chi connectivity index (χ2v) is 2.96. The first kappa shape index (κ1) is 11.5. The summed E-state index contributed by atoms with van der Waals surface area (Å²) in [5.41, 5.74) is 8.06. The molecule has 0 radical (unpaired) electrons. The van der Waals surface area contributed by atoms with Gasteiger partial charge < -0.3 is 14.6 Å². The van der Waals surface area contributed by atoms with E-state index in [0.29, 0.717) is 0 Å². The monoisotopic (exact) mass is 216 g/mol. The summed E-state index contributed by atoms with van der Waals surface area (Å²) in [5, 5.41) is 12.6. The third-order valence-corrected chi connectivity index (χ3v) is 1.69. The summed E-state index contributed by atoms with van der Waals surface area (Å²) in [7, 11) is 0. The highest BCUT2D eigenvalue weighted by molar-refractivity contribution is 5.67. The van der Waals surface area contributed by atoms with Crippen LogP contribution < -0.4 is 0 Å². The second-order valence-electron chi connectivity index (χ2n) is 2.96. The number of rotatable bonds is 6. The summed E-state index contributed by atoms with van der Waals surface area (Å²) in [6.45, 7) is 2.14. The minimum Gasteiger partial charge on any atom is -0.459 e. The molecule has 0 heterocycles. The van der Waals surface area contributed by atoms with E-state index in [1.807, 2.05) is 0 Å². The molecule has 3 atom stereocenters. The molecule has 0 aliphatic rings. The molecule has 0 spiro atoms. The minimum absolute atomic E-state index is 0.327. The largest absolute Gasteiger partial charge is 0.459 e. The SMILES string of the molecule is [2H]C(=O)[C@H](C)[C@H](OC(C)=O)[C@H](O)CN=[N+]=[N-]. The van der Waals surface area contributed by atoms with Gasteiger partial charge in [0, 0.05) is 11.8 Å². The Labute approximate surface area is 88.1 Å². The van der Waals surface area contributed by atoms with Gasteiger partial charge in [-0.3, -0.25) is 4.79 Å². The Morgan fingerprint density at radius 2 is 2.47 bits per heavy atom. The molecule has 84 valence electrons. The quantitative estimate of drug-likeness (QED) is 0.228. The molecule has 15 heavy (non-hydrogen) atoms. The number of esters is 1. The molecule has 0 amide bonds. The fraction of sp³-hybridized carbons (Fsp3) is 0.750. The summed E-state index contributed by atoms with van der Waals surface area (Å²) in [6, 6.07) is 0. The van der Waals surface area contributed by atoms with Crippen LogP contribution in [0, 0.1) is 5.92 Å². The Morgan fingerprint density at radius 3 is 2.87 bits per heavy atom. The lowest BCUT2D eigenvalue weighted by Gasteiger charge is -2.23. The highest BCUT2D eigenvalue weighted by Crippen LogP contribution is 2.11. The van der Waals surface area contributed by atoms with Crippen LogP contribution >= 0.6 is 0 Å². The lowest BCUT2D eigenvalue weighted by Crippen LogP contribution is -2.38. The summed E-state index contributed by atoms with van der Waals surface area (Å²) >= 11 is 0. The van der Waals surface area contributed by atoms with Crippen molar-refractivity contribution in [2.24, 2.45) is 11.0 Å². The number of azide groups is 1. The summed E-state index contributed by atoms with van der Waals surface area (Å²) in [5.74, 6) is -1.66. The van der Waals surface area contributed by atoms with E-state index < -0.39 is 30.4 Å². The van der Waals surface area contributed by atoms with Gasteiger partial charge in [-0.15, -0.1) is 0 Å². The van der Waals surface area contributed by atoms with Crippen LogP contribution in [0.25, 0.3) is 10.4 Å². The molecule has 0 saturated carbocycles. The van der Waals surface area contributed by atoms with E-state index in [9.17, 15) is 14.7 Å². The van der Waals surface area contributed by atoms with E-state index in [4.69, 9.17) is 11.6 Å². The number of nitrogens with zero attached hydrogens (tertiary/aromatic N) is 3. The maximum absolute atomic E-state index is 10.8. The van der Waals surface area contributed by atoms with Crippen molar-refractivity contribution >= 4 is 12.2 Å². The third-order valence-electron chi connectivity index (χ3n) is 1.69. The number of hydrogen-bond acceptors (Lipinski definition) is 5. The maximum Gasteiger partial charge on any atom is 0.303 e. The van der Waals surface area contributed by atoms with Gasteiger partial charge in [0.25, 0.3) is 0 Å². The van der Waals surface area contributed by atoms with E-state index >= 15 is 0 Å². The van der Waals surface area contributed by atoms with Crippen molar-refractivity contribution in [3.63, 3.8) is 0 Å². The van der Waals surface area contributed by atoms with Crippen LogP contribution in [0.1, 0.15) is 15.2 Å². The van der Waals surface area contributed by atoms with Crippen LogP contribution in [-0.4, -0.2) is 36.1 Å². The number of ether oxygens (including phenoxy) is 1. The van der Waals surface area contributed by atoms with E-state index in [0.717, 1.165) is 6.92 Å². The first-order valence-electron chi connectivity index (χ1n) is 4.76. The Hall–Kier alpha value is -1.59. The fourth-order valence-electron chi connectivity index (χ4n) is 0.997. The van der Waals surface area contributed by atoms with E-state index in [1.165, 1.54) is 6.92 Å². The summed E-state index contributed by atoms with van der Waals surface area (Å²) < 4.78 is 11.6. The zero-order valence-electron chi connectivity index (χ0n) is 9.45. The molecule has 0 rings (SSSR count). The Morgan fingerprint density at radius 1 is 1.87 bits per heavy atom. The van der Waals surface area contributed by atoms with Crippen molar-refractivity contribution in [1.82, 2.24) is 0 Å². The lowest BCUT2D eigenvalue weighted by molar-refractivity contribution is -0.156. The summed E-state index contributed by atoms with van der Waals surface area (Å²) in [6.07, 6.45) is -3.44. The van der Waals surface area contributed by atoms with Crippen LogP contribution in [0.4, 0.5) is 0 Å². The average Bonchev–Trinajstić information content (AvgIpc) is 2.21. The molecule has 1 N–H and O–H groups in total. The molecule has 0 aliphatic carbocycles. The van der Waals surface area contributed by atoms with Gasteiger partial charge in [0.1, 0.15) is 13.7 Å². The van der Waals surface area contributed by atoms with Gasteiger partial charge in [-0.25, -0.2) is 0 Å². The first-order valence-corrected chi connectivity index (χ1v) is 4.26. The Balaban J connectivity index is 4.70. The van der Waals surface area contributed by atoms with E-state index in [2.05, 4.69) is 10.0 Å². The van der Waals surface area contributed by atoms with Gasteiger partial charge in [0.05, 0.1) is 18.6 Å². The molecule has 0 aromatic rings. The van der Waals surface area contributed by atoms with Crippen LogP contribution in [0.5, 0.6) is 0 Å². The van der Waals surface area contributed by atoms with Crippen LogP contribution in [0.2, 0.25) is 0 Å². The number of aldehydes is 1. The zero-order chi connectivity index (χ0) is 12.7. The molecule has 0 fully saturated rings. The van der Waals surface area contributed by atoms with Gasteiger partial charge in [-0.05, 0) is 5.53 Å². The number of carbonyl (C=O) groups excluding carboxylic acids is 2. The normalized spacial score (nSPS) is 16.6. The van der Waals surface area contributed by atoms with E-state index in [-0.39, 0.29) is 6.54 Å².